The van der Waals surface area contributed by atoms with Crippen LogP contribution in [0.3, 0.4) is 0 Å². The van der Waals surface area contributed by atoms with Crippen molar-refractivity contribution in [1.29, 1.82) is 0 Å². The minimum absolute atomic E-state index is 0.000942. The highest BCUT2D eigenvalue weighted by molar-refractivity contribution is 7.92. The molecule has 0 saturated carbocycles. The molecule has 0 aliphatic carbocycles. The average molecular weight is 373 g/mol. The summed E-state index contributed by atoms with van der Waals surface area (Å²) in [7, 11) is -1.37. The number of methoxy groups -OCH3 is 1. The van der Waals surface area contributed by atoms with E-state index in [2.05, 4.69) is 0 Å². The van der Waals surface area contributed by atoms with Crippen LogP contribution in [0.15, 0.2) is 68.7 Å². The van der Waals surface area contributed by atoms with Crippen LogP contribution >= 0.6 is 0 Å². The van der Waals surface area contributed by atoms with E-state index in [0.717, 1.165) is 4.31 Å². The zero-order valence-corrected chi connectivity index (χ0v) is 14.8. The van der Waals surface area contributed by atoms with Gasteiger partial charge in [-0.3, -0.25) is 4.31 Å². The van der Waals surface area contributed by atoms with E-state index in [-0.39, 0.29) is 21.7 Å². The van der Waals surface area contributed by atoms with Gasteiger partial charge in [-0.1, -0.05) is 12.1 Å². The molecule has 2 aromatic carbocycles. The predicted octanol–water partition coefficient (Wildman–Crippen LogP) is 2.40. The molecule has 3 aromatic rings. The topological polar surface area (TPSA) is 93.9 Å². The normalized spacial score (nSPS) is 11.3. The fraction of sp³-hybridized carbons (Fsp3) is 0.111. The fourth-order valence-electron chi connectivity index (χ4n) is 2.53. The molecule has 0 N–H and O–H groups in total. The second-order valence-electron chi connectivity index (χ2n) is 5.44. The van der Waals surface area contributed by atoms with Crippen molar-refractivity contribution in [3.8, 4) is 0 Å². The number of benzene rings is 2. The lowest BCUT2D eigenvalue weighted by Gasteiger charge is -2.21. The van der Waals surface area contributed by atoms with Gasteiger partial charge in [0.25, 0.3) is 10.0 Å². The zero-order valence-electron chi connectivity index (χ0n) is 14.0. The minimum atomic E-state index is -3.95. The van der Waals surface area contributed by atoms with Crippen LogP contribution in [0.2, 0.25) is 0 Å². The Hall–Kier alpha value is -3.13. The monoisotopic (exact) mass is 373 g/mol. The maximum atomic E-state index is 13.0. The molecule has 3 rings (SSSR count). The molecule has 0 saturated heterocycles. The van der Waals surface area contributed by atoms with Gasteiger partial charge in [-0.05, 0) is 36.4 Å². The molecule has 0 bridgehead atoms. The molecule has 0 aliphatic heterocycles. The Kier molecular flexibility index (Phi) is 4.52. The first-order valence-corrected chi connectivity index (χ1v) is 8.99. The van der Waals surface area contributed by atoms with Crippen LogP contribution in [-0.4, -0.2) is 28.5 Å². The van der Waals surface area contributed by atoms with Crippen molar-refractivity contribution >= 4 is 32.6 Å². The molecule has 0 aliphatic rings. The van der Waals surface area contributed by atoms with Crippen molar-refractivity contribution in [2.75, 3.05) is 18.5 Å². The molecular formula is C18H15NO6S. The minimum Gasteiger partial charge on any atom is -0.465 e. The Morgan fingerprint density at radius 2 is 1.81 bits per heavy atom. The number of carbonyl (C=O) groups excluding carboxylic acids is 1. The number of para-hydroxylation sites is 1. The number of anilines is 1. The second kappa shape index (κ2) is 6.64. The van der Waals surface area contributed by atoms with Crippen LogP contribution in [0, 0.1) is 0 Å². The Morgan fingerprint density at radius 3 is 2.54 bits per heavy atom. The van der Waals surface area contributed by atoms with Crippen LogP contribution in [0.25, 0.3) is 11.0 Å². The average Bonchev–Trinajstić information content (AvgIpc) is 2.66. The van der Waals surface area contributed by atoms with Gasteiger partial charge in [0.15, 0.2) is 0 Å². The van der Waals surface area contributed by atoms with Gasteiger partial charge in [-0.2, -0.15) is 0 Å². The van der Waals surface area contributed by atoms with Gasteiger partial charge >= 0.3 is 11.6 Å². The summed E-state index contributed by atoms with van der Waals surface area (Å²) < 4.78 is 36.7. The largest absolute Gasteiger partial charge is 0.465 e. The smallest absolute Gasteiger partial charge is 0.340 e. The third kappa shape index (κ3) is 3.06. The summed E-state index contributed by atoms with van der Waals surface area (Å²) in [5.74, 6) is -0.636. The maximum Gasteiger partial charge on any atom is 0.340 e. The molecule has 0 fully saturated rings. The van der Waals surface area contributed by atoms with E-state index >= 15 is 0 Å². The highest BCUT2D eigenvalue weighted by atomic mass is 32.2. The summed E-state index contributed by atoms with van der Waals surface area (Å²) in [6.07, 6.45) is 0. The van der Waals surface area contributed by atoms with Gasteiger partial charge in [0, 0.05) is 18.5 Å². The van der Waals surface area contributed by atoms with E-state index in [1.54, 1.807) is 12.1 Å². The third-order valence-electron chi connectivity index (χ3n) is 3.90. The number of ether oxygens (including phenoxy) is 1. The number of sulfonamides is 1. The van der Waals surface area contributed by atoms with Crippen molar-refractivity contribution in [1.82, 2.24) is 0 Å². The highest BCUT2D eigenvalue weighted by Crippen LogP contribution is 2.27. The second-order valence-corrected chi connectivity index (χ2v) is 7.40. The lowest BCUT2D eigenvalue weighted by molar-refractivity contribution is 0.0601. The standard InChI is InChI=1S/C18H15NO6S/c1-19(15-6-4-3-5-14(15)18(21)24-2)26(22,23)13-8-9-16-12(11-13)7-10-17(20)25-16/h3-11H,1-2H3. The SMILES string of the molecule is COC(=O)c1ccccc1N(C)S(=O)(=O)c1ccc2oc(=O)ccc2c1. The summed E-state index contributed by atoms with van der Waals surface area (Å²) in [5, 5.41) is 0.473. The fourth-order valence-corrected chi connectivity index (χ4v) is 3.78. The number of hydrogen-bond donors (Lipinski definition) is 0. The van der Waals surface area contributed by atoms with Gasteiger partial charge in [-0.15, -0.1) is 0 Å². The molecular weight excluding hydrogens is 358 g/mol. The van der Waals surface area contributed by atoms with Crippen molar-refractivity contribution in [2.24, 2.45) is 0 Å². The summed E-state index contributed by atoms with van der Waals surface area (Å²) in [4.78, 5) is 23.2. The van der Waals surface area contributed by atoms with E-state index in [9.17, 15) is 18.0 Å². The Bertz CT molecular complexity index is 1150. The third-order valence-corrected chi connectivity index (χ3v) is 5.67. The highest BCUT2D eigenvalue weighted by Gasteiger charge is 2.25. The van der Waals surface area contributed by atoms with Crippen molar-refractivity contribution in [2.45, 2.75) is 4.90 Å². The summed E-state index contributed by atoms with van der Waals surface area (Å²) in [6.45, 7) is 0. The first kappa shape index (κ1) is 17.7. The first-order chi connectivity index (χ1) is 12.3. The lowest BCUT2D eigenvalue weighted by Crippen LogP contribution is -2.28. The molecule has 0 atom stereocenters. The van der Waals surface area contributed by atoms with Gasteiger partial charge < -0.3 is 9.15 Å². The van der Waals surface area contributed by atoms with Crippen LogP contribution in [0.5, 0.6) is 0 Å². The summed E-state index contributed by atoms with van der Waals surface area (Å²) in [5.41, 5.74) is 0.0956. The molecule has 1 aromatic heterocycles. The van der Waals surface area contributed by atoms with Crippen molar-refractivity contribution in [3.63, 3.8) is 0 Å². The number of esters is 1. The number of fused-ring (bicyclic) bond motifs is 1. The summed E-state index contributed by atoms with van der Waals surface area (Å²) >= 11 is 0. The number of hydrogen-bond acceptors (Lipinski definition) is 6. The molecule has 0 amide bonds. The molecule has 0 unspecified atom stereocenters. The Morgan fingerprint density at radius 1 is 1.08 bits per heavy atom. The van der Waals surface area contributed by atoms with E-state index < -0.39 is 21.6 Å². The number of carbonyl (C=O) groups is 1. The lowest BCUT2D eigenvalue weighted by atomic mass is 10.2. The zero-order chi connectivity index (χ0) is 18.9. The predicted molar refractivity (Wildman–Crippen MR) is 95.9 cm³/mol. The number of rotatable bonds is 4. The molecule has 8 heteroatoms. The van der Waals surface area contributed by atoms with E-state index in [1.165, 1.54) is 56.6 Å². The molecule has 0 radical (unpaired) electrons. The molecule has 134 valence electrons. The van der Waals surface area contributed by atoms with Gasteiger partial charge in [0.05, 0.1) is 23.3 Å². The molecule has 0 spiro atoms. The van der Waals surface area contributed by atoms with Gasteiger partial charge in [0.2, 0.25) is 0 Å². The summed E-state index contributed by atoms with van der Waals surface area (Å²) in [6, 6.07) is 13.1. The van der Waals surface area contributed by atoms with Crippen molar-refractivity contribution in [3.05, 3.63) is 70.6 Å². The van der Waals surface area contributed by atoms with Crippen LogP contribution < -0.4 is 9.93 Å². The van der Waals surface area contributed by atoms with Crippen LogP contribution in [0.4, 0.5) is 5.69 Å². The molecule has 7 nitrogen and oxygen atoms in total. The van der Waals surface area contributed by atoms with Crippen LogP contribution in [0.1, 0.15) is 10.4 Å². The van der Waals surface area contributed by atoms with Gasteiger partial charge in [-0.25, -0.2) is 18.0 Å². The van der Waals surface area contributed by atoms with Crippen molar-refractivity contribution < 1.29 is 22.4 Å². The Labute approximate surface area is 149 Å². The van der Waals surface area contributed by atoms with E-state index in [4.69, 9.17) is 9.15 Å². The quantitative estimate of drug-likeness (QED) is 0.515. The number of nitrogens with zero attached hydrogens (tertiary/aromatic N) is 1. The maximum absolute atomic E-state index is 13.0. The van der Waals surface area contributed by atoms with E-state index in [0.29, 0.717) is 5.39 Å². The first-order valence-electron chi connectivity index (χ1n) is 7.55. The van der Waals surface area contributed by atoms with E-state index in [1.807, 2.05) is 0 Å². The van der Waals surface area contributed by atoms with Crippen LogP contribution in [-0.2, 0) is 14.8 Å². The van der Waals surface area contributed by atoms with Gasteiger partial charge in [0.1, 0.15) is 5.58 Å². The molecule has 26 heavy (non-hydrogen) atoms. The molecule has 1 heterocycles. The Balaban J connectivity index is 2.10.